The van der Waals surface area contributed by atoms with Crippen molar-refractivity contribution in [2.75, 3.05) is 4.90 Å². The van der Waals surface area contributed by atoms with Gasteiger partial charge in [-0.15, -0.1) is 0 Å². The molecule has 1 aliphatic carbocycles. The maximum atomic E-state index is 6.20. The van der Waals surface area contributed by atoms with E-state index in [2.05, 4.69) is 112 Å². The van der Waals surface area contributed by atoms with Crippen molar-refractivity contribution in [3.63, 3.8) is 0 Å². The highest BCUT2D eigenvalue weighted by Gasteiger charge is 2.51. The molecule has 2 aromatic rings. The lowest BCUT2D eigenvalue weighted by atomic mass is 9.79. The van der Waals surface area contributed by atoms with E-state index < -0.39 is 0 Å². The van der Waals surface area contributed by atoms with Crippen LogP contribution in [0.5, 0.6) is 0 Å². The van der Waals surface area contributed by atoms with Crippen LogP contribution in [0.1, 0.15) is 34.1 Å². The van der Waals surface area contributed by atoms with Crippen molar-refractivity contribution in [1.82, 2.24) is 0 Å². The van der Waals surface area contributed by atoms with Gasteiger partial charge in [-0.05, 0) is 69.9 Å². The zero-order valence-corrected chi connectivity index (χ0v) is 17.6. The highest BCUT2D eigenvalue weighted by molar-refractivity contribution is 6.62. The summed E-state index contributed by atoms with van der Waals surface area (Å²) in [7, 11) is -0.347. The van der Waals surface area contributed by atoms with Crippen LogP contribution in [0.2, 0.25) is 0 Å². The lowest BCUT2D eigenvalue weighted by Crippen LogP contribution is -2.41. The summed E-state index contributed by atoms with van der Waals surface area (Å²) < 4.78 is 12.4. The lowest BCUT2D eigenvalue weighted by Gasteiger charge is -2.32. The van der Waals surface area contributed by atoms with E-state index in [0.717, 1.165) is 29.0 Å². The molecule has 0 saturated carbocycles. The summed E-state index contributed by atoms with van der Waals surface area (Å²) in [5.41, 5.74) is 3.75. The van der Waals surface area contributed by atoms with Crippen LogP contribution < -0.4 is 10.4 Å². The van der Waals surface area contributed by atoms with Gasteiger partial charge in [0.15, 0.2) is 0 Å². The van der Waals surface area contributed by atoms with E-state index in [0.29, 0.717) is 0 Å². The van der Waals surface area contributed by atoms with Gasteiger partial charge < -0.3 is 14.2 Å². The minimum atomic E-state index is -0.347. The summed E-state index contributed by atoms with van der Waals surface area (Å²) in [4.78, 5) is 2.28. The topological polar surface area (TPSA) is 21.7 Å². The second kappa shape index (κ2) is 7.70. The first-order chi connectivity index (χ1) is 13.9. The molecule has 1 aliphatic heterocycles. The fourth-order valence-electron chi connectivity index (χ4n) is 3.52. The predicted molar refractivity (Wildman–Crippen MR) is 122 cm³/mol. The molecule has 2 aromatic carbocycles. The number of allylic oxidation sites excluding steroid dienone is 5. The maximum absolute atomic E-state index is 6.20. The standard InChI is InChI=1S/C25H28BNO2/c1-24(2)25(3,4)29-26(28-24)20-16-18-23(19-17-20)27(22-14-10-7-11-15-22)21-12-8-5-6-9-13-21/h5-8,10-19H,9H2,1-4H3. The number of hydrogen-bond acceptors (Lipinski definition) is 3. The van der Waals surface area contributed by atoms with E-state index in [-0.39, 0.29) is 18.3 Å². The average molecular weight is 385 g/mol. The highest BCUT2D eigenvalue weighted by Crippen LogP contribution is 2.37. The minimum absolute atomic E-state index is 0.338. The Morgan fingerprint density at radius 1 is 0.793 bits per heavy atom. The summed E-state index contributed by atoms with van der Waals surface area (Å²) in [6.07, 6.45) is 11.7. The van der Waals surface area contributed by atoms with Crippen molar-refractivity contribution in [3.8, 4) is 0 Å². The number of nitrogens with zero attached hydrogens (tertiary/aromatic N) is 1. The fourth-order valence-corrected chi connectivity index (χ4v) is 3.52. The molecule has 0 amide bonds. The van der Waals surface area contributed by atoms with Crippen molar-refractivity contribution in [1.29, 1.82) is 0 Å². The molecule has 1 saturated heterocycles. The summed E-state index contributed by atoms with van der Waals surface area (Å²) >= 11 is 0. The average Bonchev–Trinajstić information content (AvgIpc) is 2.88. The van der Waals surface area contributed by atoms with E-state index in [9.17, 15) is 0 Å². The third kappa shape index (κ3) is 3.96. The van der Waals surface area contributed by atoms with Gasteiger partial charge in [0, 0.05) is 17.1 Å². The summed E-state index contributed by atoms with van der Waals surface area (Å²) in [5, 5.41) is 0. The SMILES string of the molecule is CC1(C)OB(c2ccc(N(C3=CCC=CC=C3)c3ccccc3)cc2)OC1(C)C. The van der Waals surface area contributed by atoms with Crippen molar-refractivity contribution in [2.24, 2.45) is 0 Å². The zero-order valence-electron chi connectivity index (χ0n) is 17.6. The quantitative estimate of drug-likeness (QED) is 0.647. The van der Waals surface area contributed by atoms with Crippen molar-refractivity contribution in [3.05, 3.63) is 90.7 Å². The van der Waals surface area contributed by atoms with E-state index in [1.54, 1.807) is 0 Å². The van der Waals surface area contributed by atoms with Gasteiger partial charge >= 0.3 is 7.12 Å². The normalized spacial score (nSPS) is 19.7. The largest absolute Gasteiger partial charge is 0.494 e. The highest BCUT2D eigenvalue weighted by atomic mass is 16.7. The van der Waals surface area contributed by atoms with E-state index in [1.165, 1.54) is 0 Å². The van der Waals surface area contributed by atoms with Crippen molar-refractivity contribution < 1.29 is 9.31 Å². The predicted octanol–water partition coefficient (Wildman–Crippen LogP) is 5.52. The number of para-hydroxylation sites is 1. The molecule has 1 heterocycles. The second-order valence-corrected chi connectivity index (χ2v) is 8.50. The Bertz CT molecular complexity index is 927. The van der Waals surface area contributed by atoms with Crippen LogP contribution in [0.3, 0.4) is 0 Å². The van der Waals surface area contributed by atoms with Crippen LogP contribution in [0.25, 0.3) is 0 Å². The molecule has 0 spiro atoms. The Morgan fingerprint density at radius 2 is 1.41 bits per heavy atom. The molecule has 148 valence electrons. The Balaban J connectivity index is 1.66. The minimum Gasteiger partial charge on any atom is -0.399 e. The van der Waals surface area contributed by atoms with Gasteiger partial charge in [0.1, 0.15) is 0 Å². The lowest BCUT2D eigenvalue weighted by molar-refractivity contribution is 0.00578. The Kier molecular flexibility index (Phi) is 5.24. The number of benzene rings is 2. The van der Waals surface area contributed by atoms with Crippen molar-refractivity contribution >= 4 is 24.0 Å². The molecule has 4 heteroatoms. The molecule has 2 aliphatic rings. The summed E-state index contributed by atoms with van der Waals surface area (Å²) in [6, 6.07) is 18.9. The first-order valence-corrected chi connectivity index (χ1v) is 10.2. The van der Waals surface area contributed by atoms with Gasteiger partial charge in [-0.1, -0.05) is 54.6 Å². The van der Waals surface area contributed by atoms with Gasteiger partial charge in [0.05, 0.1) is 11.2 Å². The van der Waals surface area contributed by atoms with Crippen LogP contribution in [0, 0.1) is 0 Å². The Hall–Kier alpha value is -2.56. The molecule has 4 rings (SSSR count). The van der Waals surface area contributed by atoms with Crippen LogP contribution in [-0.4, -0.2) is 18.3 Å². The van der Waals surface area contributed by atoms with Crippen LogP contribution in [-0.2, 0) is 9.31 Å². The van der Waals surface area contributed by atoms with Crippen molar-refractivity contribution in [2.45, 2.75) is 45.3 Å². The molecule has 0 bridgehead atoms. The van der Waals surface area contributed by atoms with Gasteiger partial charge in [-0.2, -0.15) is 0 Å². The monoisotopic (exact) mass is 385 g/mol. The van der Waals surface area contributed by atoms with Gasteiger partial charge in [0.25, 0.3) is 0 Å². The molecule has 0 unspecified atom stereocenters. The molecule has 3 nitrogen and oxygen atoms in total. The molecule has 29 heavy (non-hydrogen) atoms. The molecule has 1 fully saturated rings. The molecular weight excluding hydrogens is 357 g/mol. The van der Waals surface area contributed by atoms with E-state index >= 15 is 0 Å². The molecule has 0 radical (unpaired) electrons. The summed E-state index contributed by atoms with van der Waals surface area (Å²) in [6.45, 7) is 8.32. The number of hydrogen-bond donors (Lipinski definition) is 0. The van der Waals surface area contributed by atoms with Gasteiger partial charge in [0.2, 0.25) is 0 Å². The molecular formula is C25H28BNO2. The number of rotatable bonds is 4. The fraction of sp³-hybridized carbons (Fsp3) is 0.280. The summed E-state index contributed by atoms with van der Waals surface area (Å²) in [5.74, 6) is 0. The zero-order chi connectivity index (χ0) is 20.5. The van der Waals surface area contributed by atoms with Gasteiger partial charge in [-0.25, -0.2) is 0 Å². The first kappa shape index (κ1) is 19.7. The van der Waals surface area contributed by atoms with E-state index in [1.807, 2.05) is 6.07 Å². The third-order valence-corrected chi connectivity index (χ3v) is 5.93. The Morgan fingerprint density at radius 3 is 2.07 bits per heavy atom. The maximum Gasteiger partial charge on any atom is 0.494 e. The Labute approximate surface area is 174 Å². The number of anilines is 2. The second-order valence-electron chi connectivity index (χ2n) is 8.50. The smallest absolute Gasteiger partial charge is 0.399 e. The molecule has 0 aromatic heterocycles. The van der Waals surface area contributed by atoms with Crippen LogP contribution >= 0.6 is 0 Å². The van der Waals surface area contributed by atoms with Crippen LogP contribution in [0.4, 0.5) is 11.4 Å². The molecule has 0 atom stereocenters. The molecule has 0 N–H and O–H groups in total. The third-order valence-electron chi connectivity index (χ3n) is 5.93. The first-order valence-electron chi connectivity index (χ1n) is 10.2. The van der Waals surface area contributed by atoms with Gasteiger partial charge in [-0.3, -0.25) is 0 Å². The van der Waals surface area contributed by atoms with E-state index in [4.69, 9.17) is 9.31 Å². The van der Waals surface area contributed by atoms with Crippen LogP contribution in [0.15, 0.2) is 90.7 Å².